The summed E-state index contributed by atoms with van der Waals surface area (Å²) >= 11 is 0. The molecule has 86 valence electrons. The van der Waals surface area contributed by atoms with Crippen molar-refractivity contribution in [2.45, 2.75) is 13.0 Å². The normalized spacial score (nSPS) is 14.1. The Labute approximate surface area is 89.5 Å². The van der Waals surface area contributed by atoms with Crippen LogP contribution < -0.4 is 10.5 Å². The van der Waals surface area contributed by atoms with Crippen LogP contribution in [0.1, 0.15) is 18.8 Å². The van der Waals surface area contributed by atoms with E-state index in [1.165, 1.54) is 0 Å². The molecular weight excluding hydrogens is 216 g/mol. The topological polar surface area (TPSA) is 90.0 Å². The molecular formula is C8H16N4O2S. The molecule has 0 aliphatic rings. The molecule has 0 amide bonds. The smallest absolute Gasteiger partial charge is 0.210 e. The van der Waals surface area contributed by atoms with E-state index in [2.05, 4.69) is 10.3 Å². The first-order valence-electron chi connectivity index (χ1n) is 4.61. The van der Waals surface area contributed by atoms with Crippen molar-refractivity contribution < 1.29 is 8.42 Å². The second-order valence-corrected chi connectivity index (χ2v) is 5.17. The van der Waals surface area contributed by atoms with Gasteiger partial charge in [0.05, 0.1) is 11.8 Å². The van der Waals surface area contributed by atoms with Crippen LogP contribution in [0.2, 0.25) is 0 Å². The van der Waals surface area contributed by atoms with E-state index in [0.717, 1.165) is 5.82 Å². The van der Waals surface area contributed by atoms with E-state index in [1.807, 2.05) is 24.7 Å². The molecule has 0 bridgehead atoms. The third kappa shape index (κ3) is 3.98. The molecule has 1 aromatic heterocycles. The molecule has 0 aromatic carbocycles. The molecule has 0 saturated heterocycles. The maximum absolute atomic E-state index is 10.7. The molecule has 7 heteroatoms. The van der Waals surface area contributed by atoms with Gasteiger partial charge in [-0.3, -0.25) is 0 Å². The zero-order valence-corrected chi connectivity index (χ0v) is 9.66. The maximum atomic E-state index is 10.7. The van der Waals surface area contributed by atoms with Crippen LogP contribution in [0.5, 0.6) is 0 Å². The van der Waals surface area contributed by atoms with Gasteiger partial charge in [0, 0.05) is 26.0 Å². The number of nitrogens with zero attached hydrogens (tertiary/aromatic N) is 2. The number of primary sulfonamides is 1. The molecule has 0 fully saturated rings. The molecule has 0 aliphatic heterocycles. The lowest BCUT2D eigenvalue weighted by atomic mass is 10.3. The summed E-state index contributed by atoms with van der Waals surface area (Å²) in [6.07, 6.45) is 3.54. The predicted octanol–water partition coefficient (Wildman–Crippen LogP) is -0.641. The largest absolute Gasteiger partial charge is 0.337 e. The number of aryl methyl sites for hydroxylation is 1. The second-order valence-electron chi connectivity index (χ2n) is 3.44. The summed E-state index contributed by atoms with van der Waals surface area (Å²) < 4.78 is 23.2. The first-order chi connectivity index (χ1) is 6.90. The Morgan fingerprint density at radius 2 is 2.33 bits per heavy atom. The van der Waals surface area contributed by atoms with Crippen LogP contribution in [-0.2, 0) is 17.1 Å². The Morgan fingerprint density at radius 1 is 1.67 bits per heavy atom. The third-order valence-corrected chi connectivity index (χ3v) is 2.86. The minimum absolute atomic E-state index is 0.00625. The van der Waals surface area contributed by atoms with Gasteiger partial charge < -0.3 is 9.88 Å². The first kappa shape index (κ1) is 12.2. The SMILES string of the molecule is CC(NCCS(N)(=O)=O)c1nccn1C. The lowest BCUT2D eigenvalue weighted by molar-refractivity contribution is 0.541. The summed E-state index contributed by atoms with van der Waals surface area (Å²) in [6.45, 7) is 2.25. The van der Waals surface area contributed by atoms with Crippen molar-refractivity contribution >= 4 is 10.0 Å². The zero-order valence-electron chi connectivity index (χ0n) is 8.84. The Kier molecular flexibility index (Phi) is 3.83. The highest BCUT2D eigenvalue weighted by Crippen LogP contribution is 2.07. The maximum Gasteiger partial charge on any atom is 0.210 e. The molecule has 15 heavy (non-hydrogen) atoms. The first-order valence-corrected chi connectivity index (χ1v) is 6.33. The van der Waals surface area contributed by atoms with Gasteiger partial charge in [-0.2, -0.15) is 0 Å². The molecule has 1 unspecified atom stereocenters. The highest BCUT2D eigenvalue weighted by atomic mass is 32.2. The number of rotatable bonds is 5. The minimum Gasteiger partial charge on any atom is -0.337 e. The fraction of sp³-hybridized carbons (Fsp3) is 0.625. The van der Waals surface area contributed by atoms with Crippen LogP contribution in [0.4, 0.5) is 0 Å². The van der Waals surface area contributed by atoms with Crippen molar-refractivity contribution in [3.8, 4) is 0 Å². The average molecular weight is 232 g/mol. The van der Waals surface area contributed by atoms with Gasteiger partial charge in [-0.15, -0.1) is 0 Å². The molecule has 1 atom stereocenters. The Hall–Kier alpha value is -0.920. The van der Waals surface area contributed by atoms with E-state index in [0.29, 0.717) is 6.54 Å². The summed E-state index contributed by atoms with van der Waals surface area (Å²) in [5.41, 5.74) is 0. The van der Waals surface area contributed by atoms with E-state index < -0.39 is 10.0 Å². The van der Waals surface area contributed by atoms with Crippen molar-refractivity contribution in [3.05, 3.63) is 18.2 Å². The highest BCUT2D eigenvalue weighted by molar-refractivity contribution is 7.89. The number of nitrogens with one attached hydrogen (secondary N) is 1. The van der Waals surface area contributed by atoms with E-state index >= 15 is 0 Å². The molecule has 1 heterocycles. The lowest BCUT2D eigenvalue weighted by Crippen LogP contribution is -2.29. The van der Waals surface area contributed by atoms with Crippen LogP contribution in [0, 0.1) is 0 Å². The lowest BCUT2D eigenvalue weighted by Gasteiger charge is -2.12. The van der Waals surface area contributed by atoms with Crippen molar-refractivity contribution in [1.29, 1.82) is 0 Å². The van der Waals surface area contributed by atoms with Crippen LogP contribution in [0.3, 0.4) is 0 Å². The monoisotopic (exact) mass is 232 g/mol. The van der Waals surface area contributed by atoms with E-state index in [4.69, 9.17) is 5.14 Å². The van der Waals surface area contributed by atoms with Crippen molar-refractivity contribution in [1.82, 2.24) is 14.9 Å². The van der Waals surface area contributed by atoms with Crippen molar-refractivity contribution in [3.63, 3.8) is 0 Å². The standard InChI is InChI=1S/C8H16N4O2S/c1-7(8-11-3-5-12(8)2)10-4-6-15(9,13)14/h3,5,7,10H,4,6H2,1-2H3,(H2,9,13,14). The van der Waals surface area contributed by atoms with E-state index in [-0.39, 0.29) is 11.8 Å². The minimum atomic E-state index is -3.39. The van der Waals surface area contributed by atoms with Crippen LogP contribution in [-0.4, -0.2) is 30.3 Å². The summed E-state index contributed by atoms with van der Waals surface area (Å²) in [5, 5.41) is 7.92. The number of nitrogens with two attached hydrogens (primary N) is 1. The molecule has 0 aliphatic carbocycles. The number of hydrogen-bond acceptors (Lipinski definition) is 4. The fourth-order valence-corrected chi connectivity index (χ4v) is 1.71. The molecule has 0 spiro atoms. The highest BCUT2D eigenvalue weighted by Gasteiger charge is 2.10. The summed E-state index contributed by atoms with van der Waals surface area (Å²) in [4.78, 5) is 4.15. The average Bonchev–Trinajstić information content (AvgIpc) is 2.48. The molecule has 6 nitrogen and oxygen atoms in total. The predicted molar refractivity (Wildman–Crippen MR) is 57.6 cm³/mol. The number of imidazole rings is 1. The fourth-order valence-electron chi connectivity index (χ4n) is 1.30. The molecule has 3 N–H and O–H groups in total. The van der Waals surface area contributed by atoms with Gasteiger partial charge in [0.2, 0.25) is 10.0 Å². The zero-order chi connectivity index (χ0) is 11.5. The van der Waals surface area contributed by atoms with Gasteiger partial charge in [0.25, 0.3) is 0 Å². The third-order valence-electron chi connectivity index (χ3n) is 2.08. The van der Waals surface area contributed by atoms with Gasteiger partial charge in [-0.05, 0) is 6.92 Å². The Morgan fingerprint density at radius 3 is 2.80 bits per heavy atom. The van der Waals surface area contributed by atoms with Crippen LogP contribution in [0.25, 0.3) is 0 Å². The summed E-state index contributed by atoms with van der Waals surface area (Å²) in [7, 11) is -1.50. The van der Waals surface area contributed by atoms with Gasteiger partial charge in [-0.1, -0.05) is 0 Å². The summed E-state index contributed by atoms with van der Waals surface area (Å²) in [5.74, 6) is 0.798. The van der Waals surface area contributed by atoms with Gasteiger partial charge in [-0.25, -0.2) is 18.5 Å². The van der Waals surface area contributed by atoms with E-state index in [1.54, 1.807) is 6.20 Å². The van der Waals surface area contributed by atoms with Crippen LogP contribution in [0.15, 0.2) is 12.4 Å². The quantitative estimate of drug-likeness (QED) is 0.706. The van der Waals surface area contributed by atoms with Gasteiger partial charge in [0.15, 0.2) is 0 Å². The summed E-state index contributed by atoms with van der Waals surface area (Å²) in [6, 6.07) is 0.00625. The Bertz CT molecular complexity index is 412. The van der Waals surface area contributed by atoms with Crippen LogP contribution >= 0.6 is 0 Å². The van der Waals surface area contributed by atoms with E-state index in [9.17, 15) is 8.42 Å². The Balaban J connectivity index is 2.44. The number of sulfonamides is 1. The number of aromatic nitrogens is 2. The molecule has 0 radical (unpaired) electrons. The second kappa shape index (κ2) is 4.73. The molecule has 0 saturated carbocycles. The number of hydrogen-bond donors (Lipinski definition) is 2. The molecule has 1 aromatic rings. The molecule has 1 rings (SSSR count). The van der Waals surface area contributed by atoms with Gasteiger partial charge in [0.1, 0.15) is 5.82 Å². The van der Waals surface area contributed by atoms with Gasteiger partial charge >= 0.3 is 0 Å². The van der Waals surface area contributed by atoms with Crippen molar-refractivity contribution in [2.75, 3.05) is 12.3 Å². The van der Waals surface area contributed by atoms with Crippen molar-refractivity contribution in [2.24, 2.45) is 12.2 Å².